The number of rotatable bonds is 10. The molecule has 0 saturated carbocycles. The lowest BCUT2D eigenvalue weighted by molar-refractivity contribution is 0.403. The Labute approximate surface area is 226 Å². The maximum Gasteiger partial charge on any atom is 0.129 e. The number of nitrogens with one attached hydrogen (secondary N) is 1. The highest BCUT2D eigenvalue weighted by atomic mass is 16.5. The molecule has 0 aliphatic carbocycles. The van der Waals surface area contributed by atoms with E-state index in [9.17, 15) is 0 Å². The standard InChI is InChI=1S/C35H34N2O/c1-3-35(4-2,28-15-8-5-9-16-28)37(31-20-12-7-13-21-31)32-23-25-33(26-24-32)38-34-22-14-19-30(27-34)36-29-17-10-6-11-18-29/h5-27,36H,3-4H2,1-2H3. The predicted octanol–water partition coefficient (Wildman–Crippen LogP) is 10.1. The summed E-state index contributed by atoms with van der Waals surface area (Å²) < 4.78 is 6.26. The van der Waals surface area contributed by atoms with Crippen molar-refractivity contribution in [3.05, 3.63) is 145 Å². The number of para-hydroxylation sites is 2. The van der Waals surface area contributed by atoms with Crippen LogP contribution >= 0.6 is 0 Å². The molecule has 0 amide bonds. The summed E-state index contributed by atoms with van der Waals surface area (Å²) in [6.07, 6.45) is 1.95. The second-order valence-corrected chi connectivity index (χ2v) is 9.39. The summed E-state index contributed by atoms with van der Waals surface area (Å²) in [6, 6.07) is 48.2. The van der Waals surface area contributed by atoms with Crippen LogP contribution < -0.4 is 15.0 Å². The van der Waals surface area contributed by atoms with Gasteiger partial charge in [0.1, 0.15) is 11.5 Å². The molecule has 0 saturated heterocycles. The molecule has 1 N–H and O–H groups in total. The second-order valence-electron chi connectivity index (χ2n) is 9.39. The van der Waals surface area contributed by atoms with E-state index < -0.39 is 0 Å². The van der Waals surface area contributed by atoms with Crippen LogP contribution in [-0.2, 0) is 5.54 Å². The van der Waals surface area contributed by atoms with E-state index >= 15 is 0 Å². The topological polar surface area (TPSA) is 24.5 Å². The fraction of sp³-hybridized carbons (Fsp3) is 0.143. The summed E-state index contributed by atoms with van der Waals surface area (Å²) in [5.74, 6) is 1.59. The van der Waals surface area contributed by atoms with Crippen LogP contribution in [0, 0.1) is 0 Å². The van der Waals surface area contributed by atoms with Gasteiger partial charge in [-0.3, -0.25) is 0 Å². The number of nitrogens with zero attached hydrogens (tertiary/aromatic N) is 1. The van der Waals surface area contributed by atoms with Crippen LogP contribution in [0.4, 0.5) is 22.7 Å². The highest BCUT2D eigenvalue weighted by Crippen LogP contribution is 2.44. The summed E-state index contributed by atoms with van der Waals surface area (Å²) in [5.41, 5.74) is 5.48. The van der Waals surface area contributed by atoms with Crippen LogP contribution in [0.25, 0.3) is 0 Å². The van der Waals surface area contributed by atoms with Crippen LogP contribution in [0.1, 0.15) is 32.3 Å². The van der Waals surface area contributed by atoms with Gasteiger partial charge in [-0.15, -0.1) is 0 Å². The molecule has 0 atom stereocenters. The second kappa shape index (κ2) is 11.7. The molecular weight excluding hydrogens is 464 g/mol. The van der Waals surface area contributed by atoms with Gasteiger partial charge in [-0.1, -0.05) is 86.6 Å². The monoisotopic (exact) mass is 498 g/mol. The Hall–Kier alpha value is -4.50. The minimum atomic E-state index is -0.178. The Kier molecular flexibility index (Phi) is 7.75. The van der Waals surface area contributed by atoms with Crippen molar-refractivity contribution in [2.45, 2.75) is 32.2 Å². The Bertz CT molecular complexity index is 1410. The van der Waals surface area contributed by atoms with Crippen LogP contribution in [0.15, 0.2) is 140 Å². The van der Waals surface area contributed by atoms with Crippen molar-refractivity contribution < 1.29 is 4.74 Å². The van der Waals surface area contributed by atoms with Gasteiger partial charge in [0, 0.05) is 28.8 Å². The van der Waals surface area contributed by atoms with Crippen LogP contribution in [0.2, 0.25) is 0 Å². The molecule has 3 heteroatoms. The summed E-state index contributed by atoms with van der Waals surface area (Å²) in [4.78, 5) is 2.48. The Balaban J connectivity index is 1.44. The average molecular weight is 499 g/mol. The van der Waals surface area contributed by atoms with Crippen molar-refractivity contribution in [3.8, 4) is 11.5 Å². The summed E-state index contributed by atoms with van der Waals surface area (Å²) >= 11 is 0. The van der Waals surface area contributed by atoms with Gasteiger partial charge in [-0.05, 0) is 79.1 Å². The van der Waals surface area contributed by atoms with Crippen molar-refractivity contribution in [1.82, 2.24) is 0 Å². The average Bonchev–Trinajstić information content (AvgIpc) is 2.98. The number of hydrogen-bond donors (Lipinski definition) is 1. The molecule has 0 aliphatic rings. The highest BCUT2D eigenvalue weighted by molar-refractivity contribution is 5.68. The van der Waals surface area contributed by atoms with Crippen molar-refractivity contribution in [1.29, 1.82) is 0 Å². The van der Waals surface area contributed by atoms with Gasteiger partial charge in [0.05, 0.1) is 5.54 Å². The molecule has 0 radical (unpaired) electrons. The fourth-order valence-corrected chi connectivity index (χ4v) is 5.20. The first-order valence-electron chi connectivity index (χ1n) is 13.3. The van der Waals surface area contributed by atoms with E-state index in [1.54, 1.807) is 0 Å². The lowest BCUT2D eigenvalue weighted by Crippen LogP contribution is -2.42. The minimum absolute atomic E-state index is 0.178. The normalized spacial score (nSPS) is 11.1. The summed E-state index contributed by atoms with van der Waals surface area (Å²) in [5, 5.41) is 3.43. The molecule has 0 bridgehead atoms. The van der Waals surface area contributed by atoms with Gasteiger partial charge < -0.3 is 15.0 Å². The van der Waals surface area contributed by atoms with Crippen molar-refractivity contribution in [2.24, 2.45) is 0 Å². The van der Waals surface area contributed by atoms with Crippen molar-refractivity contribution in [2.75, 3.05) is 10.2 Å². The lowest BCUT2D eigenvalue weighted by Gasteiger charge is -2.45. The maximum absolute atomic E-state index is 6.26. The fourth-order valence-electron chi connectivity index (χ4n) is 5.20. The van der Waals surface area contributed by atoms with Gasteiger partial charge in [-0.2, -0.15) is 0 Å². The van der Waals surface area contributed by atoms with E-state index in [0.29, 0.717) is 0 Å². The van der Waals surface area contributed by atoms with E-state index in [2.05, 4.69) is 109 Å². The zero-order valence-electron chi connectivity index (χ0n) is 22.0. The summed E-state index contributed by atoms with van der Waals surface area (Å²) in [7, 11) is 0. The molecule has 5 rings (SSSR count). The van der Waals surface area contributed by atoms with E-state index in [4.69, 9.17) is 4.74 Å². The molecule has 0 aromatic heterocycles. The van der Waals surface area contributed by atoms with Gasteiger partial charge in [0.2, 0.25) is 0 Å². The molecule has 0 unspecified atom stereocenters. The lowest BCUT2D eigenvalue weighted by atomic mass is 9.82. The van der Waals surface area contributed by atoms with E-state index in [1.807, 2.05) is 54.6 Å². The third-order valence-corrected chi connectivity index (χ3v) is 7.15. The molecule has 0 spiro atoms. The van der Waals surface area contributed by atoms with Crippen molar-refractivity contribution >= 4 is 22.7 Å². The third-order valence-electron chi connectivity index (χ3n) is 7.15. The van der Waals surface area contributed by atoms with E-state index in [0.717, 1.165) is 41.4 Å². The zero-order valence-corrected chi connectivity index (χ0v) is 22.0. The van der Waals surface area contributed by atoms with Gasteiger partial charge in [0.25, 0.3) is 0 Å². The molecule has 38 heavy (non-hydrogen) atoms. The molecule has 190 valence electrons. The third kappa shape index (κ3) is 5.42. The number of benzene rings is 5. The first kappa shape index (κ1) is 25.2. The molecule has 3 nitrogen and oxygen atoms in total. The molecule has 5 aromatic rings. The number of hydrogen-bond acceptors (Lipinski definition) is 3. The van der Waals surface area contributed by atoms with Gasteiger partial charge in [0.15, 0.2) is 0 Å². The molecule has 0 fully saturated rings. The van der Waals surface area contributed by atoms with Crippen LogP contribution in [0.5, 0.6) is 11.5 Å². The summed E-state index contributed by atoms with van der Waals surface area (Å²) in [6.45, 7) is 4.56. The molecule has 5 aromatic carbocycles. The smallest absolute Gasteiger partial charge is 0.129 e. The predicted molar refractivity (Wildman–Crippen MR) is 160 cm³/mol. The SMILES string of the molecule is CCC(CC)(c1ccccc1)N(c1ccccc1)c1ccc(Oc2cccc(Nc3ccccc3)c2)cc1. The largest absolute Gasteiger partial charge is 0.457 e. The zero-order chi connectivity index (χ0) is 26.2. The first-order chi connectivity index (χ1) is 18.7. The first-order valence-corrected chi connectivity index (χ1v) is 13.3. The quantitative estimate of drug-likeness (QED) is 0.207. The van der Waals surface area contributed by atoms with Crippen LogP contribution in [-0.4, -0.2) is 0 Å². The highest BCUT2D eigenvalue weighted by Gasteiger charge is 2.36. The molecule has 0 heterocycles. The minimum Gasteiger partial charge on any atom is -0.457 e. The van der Waals surface area contributed by atoms with E-state index in [-0.39, 0.29) is 5.54 Å². The van der Waals surface area contributed by atoms with Crippen LogP contribution in [0.3, 0.4) is 0 Å². The number of anilines is 4. The Morgan fingerprint density at radius 1 is 0.553 bits per heavy atom. The van der Waals surface area contributed by atoms with Gasteiger partial charge >= 0.3 is 0 Å². The van der Waals surface area contributed by atoms with Crippen molar-refractivity contribution in [3.63, 3.8) is 0 Å². The van der Waals surface area contributed by atoms with E-state index in [1.165, 1.54) is 11.3 Å². The Morgan fingerprint density at radius 3 is 1.74 bits per heavy atom. The molecule has 0 aliphatic heterocycles. The molecular formula is C35H34N2O. The Morgan fingerprint density at radius 2 is 1.11 bits per heavy atom. The van der Waals surface area contributed by atoms with Gasteiger partial charge in [-0.25, -0.2) is 0 Å². The maximum atomic E-state index is 6.26. The number of ether oxygens (including phenoxy) is 1.